The summed E-state index contributed by atoms with van der Waals surface area (Å²) in [6.45, 7) is 0. The Balaban J connectivity index is 0. The zero-order valence-electron chi connectivity index (χ0n) is 0.707. The zero-order chi connectivity index (χ0) is 0. The van der Waals surface area contributed by atoms with Crippen LogP contribution in [0, 0.1) is 0 Å². The summed E-state index contributed by atoms with van der Waals surface area (Å²) in [6, 6.07) is 0. The molecule has 0 bridgehead atoms. The van der Waals surface area contributed by atoms with Crippen LogP contribution in [0.2, 0.25) is 0 Å². The van der Waals surface area contributed by atoms with Crippen molar-refractivity contribution in [3.05, 3.63) is 0 Å². The van der Waals surface area contributed by atoms with Crippen molar-refractivity contribution in [1.29, 1.82) is 0 Å². The van der Waals surface area contributed by atoms with Crippen LogP contribution in [0.5, 0.6) is 0 Å². The molecule has 0 unspecified atom stereocenters. The summed E-state index contributed by atoms with van der Waals surface area (Å²) in [5.74, 6) is 0. The average Bonchev–Trinajstić information content (AvgIpc) is 0. The molecule has 0 rings (SSSR count). The van der Waals surface area contributed by atoms with Crippen LogP contribution in [0.3, 0.4) is 0 Å². The van der Waals surface area contributed by atoms with Gasteiger partial charge in [0, 0.05) is 1.43 Å². The molecular formula is H9Li4N. The molecule has 5 heteroatoms. The van der Waals surface area contributed by atoms with E-state index in [1.165, 1.54) is 0 Å². The molecular weight excluding hydrogens is 41.8 g/mol. The van der Waals surface area contributed by atoms with Gasteiger partial charge in [0.2, 0.25) is 0 Å². The molecule has 0 atom stereocenters. The van der Waals surface area contributed by atoms with Gasteiger partial charge in [-0.25, -0.2) is 0 Å². The van der Waals surface area contributed by atoms with Crippen molar-refractivity contribution in [3.63, 3.8) is 0 Å². The molecule has 0 aliphatic rings. The fourth-order valence-electron chi connectivity index (χ4n) is 0. The van der Waals surface area contributed by atoms with Crippen LogP contribution in [0.1, 0.15) is 1.43 Å². The SMILES string of the molecule is N.[HH].[LiH].[LiH].[LiH].[LiH]. The molecule has 0 aromatic carbocycles. The fraction of sp³-hybridized carbons (Fsp3) is 0. The van der Waals surface area contributed by atoms with Crippen LogP contribution in [0.15, 0.2) is 0 Å². The van der Waals surface area contributed by atoms with E-state index < -0.39 is 0 Å². The van der Waals surface area contributed by atoms with Gasteiger partial charge in [0.05, 0.1) is 0 Å². The predicted octanol–water partition coefficient (Wildman–Crippen LogP) is -2.19. The monoisotopic (exact) mass is 51.1 g/mol. The van der Waals surface area contributed by atoms with E-state index in [2.05, 4.69) is 0 Å². The van der Waals surface area contributed by atoms with E-state index in [9.17, 15) is 0 Å². The van der Waals surface area contributed by atoms with Crippen molar-refractivity contribution >= 4 is 75.4 Å². The third-order valence-electron chi connectivity index (χ3n) is 0. The van der Waals surface area contributed by atoms with Crippen molar-refractivity contribution in [1.82, 2.24) is 6.15 Å². The Morgan fingerprint density at radius 2 is 0.600 bits per heavy atom. The summed E-state index contributed by atoms with van der Waals surface area (Å²) in [4.78, 5) is 0. The second kappa shape index (κ2) is 32.9. The van der Waals surface area contributed by atoms with E-state index >= 15 is 0 Å². The van der Waals surface area contributed by atoms with Gasteiger partial charge in [-0.15, -0.1) is 0 Å². The van der Waals surface area contributed by atoms with E-state index in [1.807, 2.05) is 0 Å². The molecule has 0 aromatic heterocycles. The van der Waals surface area contributed by atoms with Crippen LogP contribution in [0.4, 0.5) is 0 Å². The molecule has 0 saturated heterocycles. The van der Waals surface area contributed by atoms with Gasteiger partial charge in [-0.05, 0) is 0 Å². The van der Waals surface area contributed by atoms with E-state index in [1.54, 1.807) is 0 Å². The van der Waals surface area contributed by atoms with Crippen LogP contribution < -0.4 is 6.15 Å². The molecule has 0 aliphatic heterocycles. The summed E-state index contributed by atoms with van der Waals surface area (Å²) in [7, 11) is 0. The summed E-state index contributed by atoms with van der Waals surface area (Å²) in [5.41, 5.74) is 0. The van der Waals surface area contributed by atoms with Crippen LogP contribution in [-0.2, 0) is 0 Å². The molecule has 1 nitrogen and oxygen atoms in total. The molecule has 0 amide bonds. The molecule has 0 radical (unpaired) electrons. The number of hydrogen-bond acceptors (Lipinski definition) is 1. The molecule has 18 valence electrons. The third kappa shape index (κ3) is 21.8. The van der Waals surface area contributed by atoms with Gasteiger partial charge in [0.15, 0.2) is 0 Å². The fourth-order valence-corrected chi connectivity index (χ4v) is 0. The molecule has 3 N–H and O–H groups in total. The van der Waals surface area contributed by atoms with Gasteiger partial charge in [-0.3, -0.25) is 0 Å². The van der Waals surface area contributed by atoms with Crippen LogP contribution in [0.25, 0.3) is 0 Å². The minimum atomic E-state index is 0. The van der Waals surface area contributed by atoms with Crippen LogP contribution in [-0.4, -0.2) is 75.4 Å². The normalized spacial score (nSPS) is 0. The minimum absolute atomic E-state index is 0. The topological polar surface area (TPSA) is 35.0 Å². The first-order chi connectivity index (χ1) is 0. The first-order valence-electron chi connectivity index (χ1n) is 0. The van der Waals surface area contributed by atoms with Crippen molar-refractivity contribution in [2.75, 3.05) is 0 Å². The Hall–Kier alpha value is 2.35. The predicted molar refractivity (Wildman–Crippen MR) is 35.7 cm³/mol. The van der Waals surface area contributed by atoms with E-state index in [0.29, 0.717) is 0 Å². The maximum absolute atomic E-state index is 0. The second-order valence-electron chi connectivity index (χ2n) is 0. The number of hydrogen-bond donors (Lipinski definition) is 1. The van der Waals surface area contributed by atoms with Crippen LogP contribution >= 0.6 is 0 Å². The summed E-state index contributed by atoms with van der Waals surface area (Å²) in [6.07, 6.45) is 0. The summed E-state index contributed by atoms with van der Waals surface area (Å²) in [5, 5.41) is 0. The Labute approximate surface area is 82.2 Å². The first kappa shape index (κ1) is 53.7. The molecule has 0 heterocycles. The van der Waals surface area contributed by atoms with Gasteiger partial charge >= 0.3 is 75.4 Å². The Morgan fingerprint density at radius 1 is 0.600 bits per heavy atom. The van der Waals surface area contributed by atoms with Crippen molar-refractivity contribution in [2.45, 2.75) is 0 Å². The molecule has 0 saturated carbocycles. The number of rotatable bonds is 0. The second-order valence-corrected chi connectivity index (χ2v) is 0. The van der Waals surface area contributed by atoms with Gasteiger partial charge in [0.1, 0.15) is 0 Å². The summed E-state index contributed by atoms with van der Waals surface area (Å²) < 4.78 is 0. The Kier molecular flexibility index (Phi) is 353. The molecule has 5 heavy (non-hydrogen) atoms. The van der Waals surface area contributed by atoms with E-state index in [-0.39, 0.29) is 83.0 Å². The molecule has 0 aliphatic carbocycles. The molecule has 0 aromatic rings. The van der Waals surface area contributed by atoms with Gasteiger partial charge in [-0.1, -0.05) is 0 Å². The standard InChI is InChI=1S/4Li.H3N.H2.4H/h;;;;1H3;1H;;;;. The summed E-state index contributed by atoms with van der Waals surface area (Å²) >= 11 is 0. The first-order valence-corrected chi connectivity index (χ1v) is 0. The third-order valence-corrected chi connectivity index (χ3v) is 0. The van der Waals surface area contributed by atoms with E-state index in [0.717, 1.165) is 0 Å². The quantitative estimate of drug-likeness (QED) is 0.312. The zero-order valence-corrected chi connectivity index (χ0v) is 0.707. The molecule has 0 fully saturated rings. The van der Waals surface area contributed by atoms with Crippen molar-refractivity contribution in [2.24, 2.45) is 0 Å². The average molecular weight is 50.8 g/mol. The van der Waals surface area contributed by atoms with Gasteiger partial charge in [0.25, 0.3) is 0 Å². The van der Waals surface area contributed by atoms with Gasteiger partial charge < -0.3 is 6.15 Å². The van der Waals surface area contributed by atoms with Gasteiger partial charge in [-0.2, -0.15) is 0 Å². The Bertz CT molecular complexity index is 7.51. The maximum atomic E-state index is 0. The van der Waals surface area contributed by atoms with Crippen molar-refractivity contribution in [3.8, 4) is 0 Å². The van der Waals surface area contributed by atoms with Crippen molar-refractivity contribution < 1.29 is 1.43 Å². The molecule has 0 spiro atoms. The Morgan fingerprint density at radius 3 is 0.600 bits per heavy atom. The van der Waals surface area contributed by atoms with E-state index in [4.69, 9.17) is 0 Å².